The highest BCUT2D eigenvalue weighted by Crippen LogP contribution is 2.38. The van der Waals surface area contributed by atoms with Crippen molar-refractivity contribution >= 4 is 0 Å². The van der Waals surface area contributed by atoms with E-state index < -0.39 is 0 Å². The van der Waals surface area contributed by atoms with Crippen LogP contribution in [0.4, 0.5) is 0 Å². The molecule has 0 amide bonds. The lowest BCUT2D eigenvalue weighted by atomic mass is 9.74. The van der Waals surface area contributed by atoms with Gasteiger partial charge in [0.25, 0.3) is 0 Å². The summed E-state index contributed by atoms with van der Waals surface area (Å²) in [6.07, 6.45) is 2.63. The molecule has 0 aliphatic carbocycles. The first kappa shape index (κ1) is 10.0. The summed E-state index contributed by atoms with van der Waals surface area (Å²) in [7, 11) is 0. The molecule has 1 heterocycles. The molecule has 1 aliphatic rings. The van der Waals surface area contributed by atoms with Crippen LogP contribution in [0.5, 0.6) is 0 Å². The van der Waals surface area contributed by atoms with Gasteiger partial charge in [-0.05, 0) is 30.6 Å². The zero-order valence-corrected chi connectivity index (χ0v) is 9.20. The van der Waals surface area contributed by atoms with Crippen molar-refractivity contribution in [1.82, 2.24) is 5.32 Å². The minimum absolute atomic E-state index is 0.467. The van der Waals surface area contributed by atoms with Gasteiger partial charge in [0.15, 0.2) is 0 Å². The largest absolute Gasteiger partial charge is 0.314 e. The number of hydrogen-bond donors (Lipinski definition) is 1. The molecule has 1 nitrogen and oxygen atoms in total. The maximum atomic E-state index is 3.59. The molecular weight excluding hydrogens is 146 g/mol. The Bertz CT molecular complexity index is 158. The minimum atomic E-state index is 0.467. The SMILES string of the molecule is CC1CC(C)(C)CC(C)(C)CN1. The van der Waals surface area contributed by atoms with Gasteiger partial charge in [0.1, 0.15) is 0 Å². The molecule has 1 fully saturated rings. The Kier molecular flexibility index (Phi) is 2.53. The summed E-state index contributed by atoms with van der Waals surface area (Å²) in [4.78, 5) is 0. The summed E-state index contributed by atoms with van der Waals surface area (Å²) in [6.45, 7) is 13.0. The van der Waals surface area contributed by atoms with Gasteiger partial charge in [-0.1, -0.05) is 27.7 Å². The van der Waals surface area contributed by atoms with Crippen molar-refractivity contribution in [3.05, 3.63) is 0 Å². The summed E-state index contributed by atoms with van der Waals surface area (Å²) < 4.78 is 0. The van der Waals surface area contributed by atoms with Gasteiger partial charge in [0.2, 0.25) is 0 Å². The fourth-order valence-electron chi connectivity index (χ4n) is 2.78. The highest BCUT2D eigenvalue weighted by Gasteiger charge is 2.33. The van der Waals surface area contributed by atoms with Crippen molar-refractivity contribution in [2.24, 2.45) is 10.8 Å². The van der Waals surface area contributed by atoms with Crippen molar-refractivity contribution in [2.75, 3.05) is 6.54 Å². The highest BCUT2D eigenvalue weighted by molar-refractivity contribution is 4.87. The molecule has 1 saturated heterocycles. The predicted molar refractivity (Wildman–Crippen MR) is 54.3 cm³/mol. The number of hydrogen-bond acceptors (Lipinski definition) is 1. The van der Waals surface area contributed by atoms with E-state index in [0.29, 0.717) is 16.9 Å². The van der Waals surface area contributed by atoms with Crippen LogP contribution >= 0.6 is 0 Å². The van der Waals surface area contributed by atoms with Crippen LogP contribution in [0.2, 0.25) is 0 Å². The Morgan fingerprint density at radius 2 is 1.67 bits per heavy atom. The molecule has 0 aromatic rings. The van der Waals surface area contributed by atoms with E-state index in [1.165, 1.54) is 12.8 Å². The van der Waals surface area contributed by atoms with Crippen LogP contribution < -0.4 is 5.32 Å². The average Bonchev–Trinajstić information content (AvgIpc) is 1.86. The van der Waals surface area contributed by atoms with Gasteiger partial charge in [0, 0.05) is 12.6 Å². The Morgan fingerprint density at radius 1 is 1.08 bits per heavy atom. The quantitative estimate of drug-likeness (QED) is 0.588. The van der Waals surface area contributed by atoms with E-state index >= 15 is 0 Å². The monoisotopic (exact) mass is 169 g/mol. The maximum Gasteiger partial charge on any atom is 0.00440 e. The molecular formula is C11H23N. The molecule has 1 heteroatoms. The van der Waals surface area contributed by atoms with Crippen LogP contribution in [0.3, 0.4) is 0 Å². The second-order valence-corrected chi connectivity index (χ2v) is 5.99. The van der Waals surface area contributed by atoms with E-state index in [2.05, 4.69) is 39.9 Å². The summed E-state index contributed by atoms with van der Waals surface area (Å²) in [6, 6.07) is 0.682. The van der Waals surface area contributed by atoms with Crippen LogP contribution in [0.1, 0.15) is 47.5 Å². The van der Waals surface area contributed by atoms with Crippen LogP contribution in [-0.2, 0) is 0 Å². The maximum absolute atomic E-state index is 3.59. The molecule has 12 heavy (non-hydrogen) atoms. The zero-order chi connectivity index (χ0) is 9.41. The summed E-state index contributed by atoms with van der Waals surface area (Å²) >= 11 is 0. The smallest absolute Gasteiger partial charge is 0.00440 e. The normalized spacial score (nSPS) is 34.2. The van der Waals surface area contributed by atoms with Gasteiger partial charge in [-0.15, -0.1) is 0 Å². The molecule has 0 spiro atoms. The molecule has 0 aromatic heterocycles. The molecule has 1 N–H and O–H groups in total. The first-order valence-electron chi connectivity index (χ1n) is 5.04. The van der Waals surface area contributed by atoms with Crippen LogP contribution in [0, 0.1) is 10.8 Å². The van der Waals surface area contributed by atoms with Crippen molar-refractivity contribution in [3.63, 3.8) is 0 Å². The zero-order valence-electron chi connectivity index (χ0n) is 9.20. The molecule has 0 aromatic carbocycles. The fraction of sp³-hybridized carbons (Fsp3) is 1.00. The van der Waals surface area contributed by atoms with Crippen molar-refractivity contribution in [2.45, 2.75) is 53.5 Å². The van der Waals surface area contributed by atoms with Gasteiger partial charge in [-0.3, -0.25) is 0 Å². The molecule has 1 atom stereocenters. The minimum Gasteiger partial charge on any atom is -0.314 e. The lowest BCUT2D eigenvalue weighted by Gasteiger charge is -2.31. The molecule has 1 aliphatic heterocycles. The Hall–Kier alpha value is -0.0400. The third-order valence-electron chi connectivity index (χ3n) is 2.74. The molecule has 72 valence electrons. The standard InChI is InChI=1S/C11H23N/c1-9-6-10(2,3)7-11(4,5)8-12-9/h9,12H,6-8H2,1-5H3. The lowest BCUT2D eigenvalue weighted by molar-refractivity contribution is 0.210. The first-order valence-corrected chi connectivity index (χ1v) is 5.04. The van der Waals surface area contributed by atoms with Crippen LogP contribution in [0.25, 0.3) is 0 Å². The summed E-state index contributed by atoms with van der Waals surface area (Å²) in [5.74, 6) is 0. The molecule has 0 radical (unpaired) electrons. The third kappa shape index (κ3) is 2.78. The average molecular weight is 169 g/mol. The van der Waals surface area contributed by atoms with Gasteiger partial charge in [-0.25, -0.2) is 0 Å². The van der Waals surface area contributed by atoms with E-state index in [4.69, 9.17) is 0 Å². The van der Waals surface area contributed by atoms with E-state index in [9.17, 15) is 0 Å². The Balaban J connectivity index is 2.69. The van der Waals surface area contributed by atoms with Crippen LogP contribution in [0.15, 0.2) is 0 Å². The van der Waals surface area contributed by atoms with Gasteiger partial charge in [0.05, 0.1) is 0 Å². The molecule has 0 saturated carbocycles. The van der Waals surface area contributed by atoms with E-state index in [1.54, 1.807) is 0 Å². The Labute approximate surface area is 76.9 Å². The van der Waals surface area contributed by atoms with Crippen molar-refractivity contribution < 1.29 is 0 Å². The van der Waals surface area contributed by atoms with Gasteiger partial charge >= 0.3 is 0 Å². The van der Waals surface area contributed by atoms with E-state index in [-0.39, 0.29) is 0 Å². The van der Waals surface area contributed by atoms with Gasteiger partial charge < -0.3 is 5.32 Å². The van der Waals surface area contributed by atoms with Gasteiger partial charge in [-0.2, -0.15) is 0 Å². The fourth-order valence-corrected chi connectivity index (χ4v) is 2.78. The van der Waals surface area contributed by atoms with Crippen LogP contribution in [-0.4, -0.2) is 12.6 Å². The van der Waals surface area contributed by atoms with E-state index in [1.807, 2.05) is 0 Å². The predicted octanol–water partition coefficient (Wildman–Crippen LogP) is 2.81. The summed E-state index contributed by atoms with van der Waals surface area (Å²) in [5.41, 5.74) is 0.973. The van der Waals surface area contributed by atoms with Crippen molar-refractivity contribution in [1.29, 1.82) is 0 Å². The topological polar surface area (TPSA) is 12.0 Å². The van der Waals surface area contributed by atoms with Crippen molar-refractivity contribution in [3.8, 4) is 0 Å². The summed E-state index contributed by atoms with van der Waals surface area (Å²) in [5, 5.41) is 3.59. The highest BCUT2D eigenvalue weighted by atomic mass is 14.9. The lowest BCUT2D eigenvalue weighted by Crippen LogP contribution is -2.31. The first-order chi connectivity index (χ1) is 5.31. The second kappa shape index (κ2) is 3.02. The molecule has 0 bridgehead atoms. The third-order valence-corrected chi connectivity index (χ3v) is 2.74. The Morgan fingerprint density at radius 3 is 2.25 bits per heavy atom. The van der Waals surface area contributed by atoms with E-state index in [0.717, 1.165) is 6.54 Å². The second-order valence-electron chi connectivity index (χ2n) is 5.99. The number of nitrogens with one attached hydrogen (secondary N) is 1. The molecule has 1 unspecified atom stereocenters. The number of rotatable bonds is 0. The molecule has 1 rings (SSSR count).